The highest BCUT2D eigenvalue weighted by Gasteiger charge is 2.19. The summed E-state index contributed by atoms with van der Waals surface area (Å²) in [5.41, 5.74) is 0.746. The molecule has 2 N–H and O–H groups in total. The van der Waals surface area contributed by atoms with Crippen LogP contribution in [0.15, 0.2) is 18.2 Å². The van der Waals surface area contributed by atoms with Gasteiger partial charge in [-0.25, -0.2) is 0 Å². The molecule has 1 aromatic carbocycles. The van der Waals surface area contributed by atoms with Gasteiger partial charge in [0.2, 0.25) is 5.91 Å². The van der Waals surface area contributed by atoms with Crippen molar-refractivity contribution in [3.8, 4) is 11.5 Å². The third kappa shape index (κ3) is 4.63. The monoisotopic (exact) mass is 332 g/mol. The van der Waals surface area contributed by atoms with Crippen LogP contribution in [0.1, 0.15) is 51.9 Å². The molecule has 1 aromatic rings. The molecule has 1 atom stereocenters. The minimum Gasteiger partial charge on any atom is -0.486 e. The van der Waals surface area contributed by atoms with Crippen LogP contribution in [0.4, 0.5) is 5.69 Å². The first kappa shape index (κ1) is 17.1. The van der Waals surface area contributed by atoms with Crippen molar-refractivity contribution in [2.45, 2.75) is 64.0 Å². The normalized spacial score (nSPS) is 19.9. The number of fused-ring (bicyclic) bond motifs is 1. The number of benzene rings is 1. The molecule has 1 fully saturated rings. The van der Waals surface area contributed by atoms with Gasteiger partial charge in [-0.15, -0.1) is 0 Å². The lowest BCUT2D eigenvalue weighted by atomic mass is 9.96. The molecule has 5 heteroatoms. The largest absolute Gasteiger partial charge is 0.486 e. The maximum atomic E-state index is 12.5. The summed E-state index contributed by atoms with van der Waals surface area (Å²) in [6, 6.07) is 5.77. The van der Waals surface area contributed by atoms with Crippen LogP contribution >= 0.6 is 0 Å². The number of nitrogens with one attached hydrogen (secondary N) is 2. The van der Waals surface area contributed by atoms with Gasteiger partial charge >= 0.3 is 0 Å². The van der Waals surface area contributed by atoms with Crippen LogP contribution in [-0.2, 0) is 4.79 Å². The Morgan fingerprint density at radius 3 is 2.46 bits per heavy atom. The highest BCUT2D eigenvalue weighted by Crippen LogP contribution is 2.32. The van der Waals surface area contributed by atoms with Gasteiger partial charge in [-0.2, -0.15) is 0 Å². The molecule has 1 heterocycles. The van der Waals surface area contributed by atoms with E-state index < -0.39 is 0 Å². The molecule has 24 heavy (non-hydrogen) atoms. The van der Waals surface area contributed by atoms with Crippen molar-refractivity contribution in [2.75, 3.05) is 18.5 Å². The number of rotatable bonds is 4. The molecule has 2 aliphatic rings. The van der Waals surface area contributed by atoms with Gasteiger partial charge in [-0.05, 0) is 31.9 Å². The Balaban J connectivity index is 1.53. The van der Waals surface area contributed by atoms with Gasteiger partial charge in [-0.3, -0.25) is 4.79 Å². The topological polar surface area (TPSA) is 59.6 Å². The molecule has 0 aromatic heterocycles. The Bertz CT molecular complexity index is 554. The third-order valence-electron chi connectivity index (χ3n) is 4.79. The van der Waals surface area contributed by atoms with Gasteiger partial charge in [0.15, 0.2) is 11.5 Å². The number of carbonyl (C=O) groups is 1. The maximum Gasteiger partial charge on any atom is 0.241 e. The van der Waals surface area contributed by atoms with Crippen LogP contribution in [0.3, 0.4) is 0 Å². The Labute approximate surface area is 144 Å². The van der Waals surface area contributed by atoms with E-state index in [1.807, 2.05) is 25.1 Å². The summed E-state index contributed by atoms with van der Waals surface area (Å²) < 4.78 is 11.1. The van der Waals surface area contributed by atoms with E-state index in [-0.39, 0.29) is 11.9 Å². The summed E-state index contributed by atoms with van der Waals surface area (Å²) in [6.45, 7) is 3.05. The minimum atomic E-state index is -0.206. The first-order chi connectivity index (χ1) is 11.7. The molecule has 1 aliphatic heterocycles. The predicted molar refractivity (Wildman–Crippen MR) is 94.8 cm³/mol. The van der Waals surface area contributed by atoms with Crippen molar-refractivity contribution < 1.29 is 14.3 Å². The van der Waals surface area contributed by atoms with E-state index in [0.717, 1.165) is 11.4 Å². The van der Waals surface area contributed by atoms with Crippen LogP contribution < -0.4 is 20.1 Å². The first-order valence-corrected chi connectivity index (χ1v) is 9.19. The molecule has 1 amide bonds. The highest BCUT2D eigenvalue weighted by atomic mass is 16.6. The van der Waals surface area contributed by atoms with E-state index >= 15 is 0 Å². The van der Waals surface area contributed by atoms with Crippen molar-refractivity contribution in [3.63, 3.8) is 0 Å². The van der Waals surface area contributed by atoms with E-state index in [4.69, 9.17) is 9.47 Å². The summed E-state index contributed by atoms with van der Waals surface area (Å²) in [5.74, 6) is 1.42. The Morgan fingerprint density at radius 1 is 1.04 bits per heavy atom. The van der Waals surface area contributed by atoms with Crippen molar-refractivity contribution >= 4 is 11.6 Å². The van der Waals surface area contributed by atoms with E-state index in [2.05, 4.69) is 10.6 Å². The fourth-order valence-corrected chi connectivity index (χ4v) is 3.42. The second-order valence-corrected chi connectivity index (χ2v) is 6.78. The van der Waals surface area contributed by atoms with Crippen molar-refractivity contribution in [2.24, 2.45) is 0 Å². The Hall–Kier alpha value is -1.75. The molecule has 0 spiro atoms. The van der Waals surface area contributed by atoms with Crippen LogP contribution in [0.5, 0.6) is 11.5 Å². The van der Waals surface area contributed by atoms with Gasteiger partial charge in [0.05, 0.1) is 6.04 Å². The maximum absolute atomic E-state index is 12.5. The predicted octanol–water partition coefficient (Wildman–Crippen LogP) is 3.49. The van der Waals surface area contributed by atoms with Crippen molar-refractivity contribution in [1.82, 2.24) is 5.32 Å². The number of ether oxygens (including phenoxy) is 2. The standard InChI is InChI=1S/C19H28N2O3/c1-14(20-15-7-5-3-2-4-6-8-15)19(22)21-16-9-10-17-18(13-16)24-12-11-23-17/h9-10,13-15,20H,2-8,11-12H2,1H3,(H,21,22)/t14-/m0/s1. The number of anilines is 1. The lowest BCUT2D eigenvalue weighted by Gasteiger charge is -2.25. The van der Waals surface area contributed by atoms with Gasteiger partial charge in [0.1, 0.15) is 13.2 Å². The average molecular weight is 332 g/mol. The fraction of sp³-hybridized carbons (Fsp3) is 0.632. The van der Waals surface area contributed by atoms with Gasteiger partial charge < -0.3 is 20.1 Å². The zero-order valence-corrected chi connectivity index (χ0v) is 14.5. The fourth-order valence-electron chi connectivity index (χ4n) is 3.42. The van der Waals surface area contributed by atoms with Crippen molar-refractivity contribution in [1.29, 1.82) is 0 Å². The van der Waals surface area contributed by atoms with Crippen LogP contribution in [-0.4, -0.2) is 31.2 Å². The molecule has 1 saturated carbocycles. The molecule has 5 nitrogen and oxygen atoms in total. The summed E-state index contributed by atoms with van der Waals surface area (Å²) >= 11 is 0. The number of carbonyl (C=O) groups excluding carboxylic acids is 1. The molecular weight excluding hydrogens is 304 g/mol. The second-order valence-electron chi connectivity index (χ2n) is 6.78. The van der Waals surface area contributed by atoms with E-state index in [1.165, 1.54) is 44.9 Å². The number of amides is 1. The lowest BCUT2D eigenvalue weighted by Crippen LogP contribution is -2.44. The third-order valence-corrected chi connectivity index (χ3v) is 4.79. The number of hydrogen-bond acceptors (Lipinski definition) is 4. The van der Waals surface area contributed by atoms with Gasteiger partial charge in [-0.1, -0.05) is 32.1 Å². The van der Waals surface area contributed by atoms with Crippen LogP contribution in [0.25, 0.3) is 0 Å². The quantitative estimate of drug-likeness (QED) is 0.886. The first-order valence-electron chi connectivity index (χ1n) is 9.19. The summed E-state index contributed by atoms with van der Waals surface area (Å²) in [4.78, 5) is 12.5. The molecule has 0 radical (unpaired) electrons. The molecular formula is C19H28N2O3. The summed E-state index contributed by atoms with van der Waals surface area (Å²) in [5, 5.41) is 6.47. The summed E-state index contributed by atoms with van der Waals surface area (Å²) in [6.07, 6.45) is 8.84. The SMILES string of the molecule is C[C@H](NC1CCCCCCC1)C(=O)Nc1ccc2c(c1)OCCO2. The zero-order valence-electron chi connectivity index (χ0n) is 14.5. The highest BCUT2D eigenvalue weighted by molar-refractivity contribution is 5.94. The van der Waals surface area contributed by atoms with Crippen LogP contribution in [0, 0.1) is 0 Å². The van der Waals surface area contributed by atoms with Crippen molar-refractivity contribution in [3.05, 3.63) is 18.2 Å². The Morgan fingerprint density at radius 2 is 1.71 bits per heavy atom. The average Bonchev–Trinajstić information content (AvgIpc) is 2.57. The van der Waals surface area contributed by atoms with Gasteiger partial charge in [0.25, 0.3) is 0 Å². The molecule has 1 aliphatic carbocycles. The van der Waals surface area contributed by atoms with Crippen LogP contribution in [0.2, 0.25) is 0 Å². The molecule has 132 valence electrons. The zero-order chi connectivity index (χ0) is 16.8. The van der Waals surface area contributed by atoms with E-state index in [0.29, 0.717) is 25.0 Å². The number of hydrogen-bond donors (Lipinski definition) is 2. The van der Waals surface area contributed by atoms with Gasteiger partial charge in [0, 0.05) is 17.8 Å². The molecule has 0 bridgehead atoms. The molecule has 3 rings (SSSR count). The molecule has 0 saturated heterocycles. The second kappa shape index (κ2) is 8.38. The smallest absolute Gasteiger partial charge is 0.241 e. The van der Waals surface area contributed by atoms with E-state index in [9.17, 15) is 4.79 Å². The summed E-state index contributed by atoms with van der Waals surface area (Å²) in [7, 11) is 0. The van der Waals surface area contributed by atoms with E-state index in [1.54, 1.807) is 0 Å². The lowest BCUT2D eigenvalue weighted by molar-refractivity contribution is -0.118. The Kier molecular flexibility index (Phi) is 5.96. The minimum absolute atomic E-state index is 0.00580. The molecule has 0 unspecified atom stereocenters.